The summed E-state index contributed by atoms with van der Waals surface area (Å²) in [5, 5.41) is 5.45. The Balaban J connectivity index is 1.91. The van der Waals surface area contributed by atoms with Crippen molar-refractivity contribution in [3.63, 3.8) is 0 Å². The van der Waals surface area contributed by atoms with Crippen LogP contribution in [0.25, 0.3) is 0 Å². The molecule has 3 nitrogen and oxygen atoms in total. The number of nitrogens with one attached hydrogen (secondary N) is 2. The van der Waals surface area contributed by atoms with Crippen molar-refractivity contribution in [3.05, 3.63) is 29.8 Å². The normalized spacial score (nSPS) is 15.3. The van der Waals surface area contributed by atoms with E-state index in [4.69, 9.17) is 0 Å². The first kappa shape index (κ1) is 13.9. The van der Waals surface area contributed by atoms with Crippen molar-refractivity contribution in [2.75, 3.05) is 11.9 Å². The molecule has 0 unspecified atom stereocenters. The van der Waals surface area contributed by atoms with E-state index in [0.717, 1.165) is 18.9 Å². The van der Waals surface area contributed by atoms with Gasteiger partial charge in [-0.2, -0.15) is 13.2 Å². The predicted octanol–water partition coefficient (Wildman–Crippen LogP) is 2.79. The molecule has 0 aliphatic heterocycles. The van der Waals surface area contributed by atoms with E-state index in [1.807, 2.05) is 0 Å². The molecule has 0 spiro atoms. The molecule has 0 bridgehead atoms. The third kappa shape index (κ3) is 4.24. The molecule has 1 aliphatic rings. The van der Waals surface area contributed by atoms with Gasteiger partial charge in [0.05, 0.1) is 11.3 Å². The molecule has 0 heterocycles. The fraction of sp³-hybridized carbons (Fsp3) is 0.462. The van der Waals surface area contributed by atoms with Gasteiger partial charge < -0.3 is 10.6 Å². The molecular formula is C13H15F3N2O. The molecular weight excluding hydrogens is 257 g/mol. The number of anilines is 1. The van der Waals surface area contributed by atoms with Gasteiger partial charge in [-0.15, -0.1) is 0 Å². The minimum Gasteiger partial charge on any atom is -0.325 e. The zero-order chi connectivity index (χ0) is 13.9. The number of para-hydroxylation sites is 1. The first-order valence-corrected chi connectivity index (χ1v) is 6.16. The number of halogens is 3. The van der Waals surface area contributed by atoms with E-state index in [1.54, 1.807) is 0 Å². The monoisotopic (exact) mass is 272 g/mol. The number of carbonyl (C=O) groups excluding carboxylic acids is 1. The molecule has 1 aliphatic carbocycles. The van der Waals surface area contributed by atoms with Gasteiger partial charge in [-0.3, -0.25) is 4.79 Å². The Labute approximate surface area is 109 Å². The lowest BCUT2D eigenvalue weighted by Crippen LogP contribution is -2.24. The summed E-state index contributed by atoms with van der Waals surface area (Å²) in [7, 11) is 0. The number of carbonyl (C=O) groups is 1. The summed E-state index contributed by atoms with van der Waals surface area (Å²) < 4.78 is 38.1. The number of amides is 1. The van der Waals surface area contributed by atoms with Gasteiger partial charge >= 0.3 is 6.18 Å². The highest BCUT2D eigenvalue weighted by molar-refractivity contribution is 5.91. The second-order valence-corrected chi connectivity index (χ2v) is 4.57. The Kier molecular flexibility index (Phi) is 4.09. The van der Waals surface area contributed by atoms with E-state index in [9.17, 15) is 18.0 Å². The topological polar surface area (TPSA) is 41.1 Å². The summed E-state index contributed by atoms with van der Waals surface area (Å²) in [5.74, 6) is -0.412. The molecule has 1 saturated carbocycles. The Hall–Kier alpha value is -1.56. The van der Waals surface area contributed by atoms with Gasteiger partial charge in [-0.1, -0.05) is 12.1 Å². The van der Waals surface area contributed by atoms with Crippen molar-refractivity contribution in [2.24, 2.45) is 0 Å². The lowest BCUT2D eigenvalue weighted by Gasteiger charge is -2.13. The summed E-state index contributed by atoms with van der Waals surface area (Å²) in [6.07, 6.45) is -2.07. The molecule has 1 amide bonds. The lowest BCUT2D eigenvalue weighted by atomic mass is 10.1. The number of benzene rings is 1. The van der Waals surface area contributed by atoms with Gasteiger partial charge in [0.2, 0.25) is 5.91 Å². The lowest BCUT2D eigenvalue weighted by molar-refractivity contribution is -0.137. The maximum absolute atomic E-state index is 12.7. The first-order valence-electron chi connectivity index (χ1n) is 6.16. The van der Waals surface area contributed by atoms with Crippen LogP contribution in [0.5, 0.6) is 0 Å². The number of rotatable bonds is 5. The minimum absolute atomic E-state index is 0.169. The van der Waals surface area contributed by atoms with Crippen LogP contribution in [-0.4, -0.2) is 18.5 Å². The third-order valence-electron chi connectivity index (χ3n) is 2.87. The molecule has 6 heteroatoms. The summed E-state index contributed by atoms with van der Waals surface area (Å²) in [6.45, 7) is 0.491. The third-order valence-corrected chi connectivity index (χ3v) is 2.87. The van der Waals surface area contributed by atoms with Gasteiger partial charge in [0.15, 0.2) is 0 Å². The van der Waals surface area contributed by atoms with Gasteiger partial charge in [-0.05, 0) is 25.0 Å². The van der Waals surface area contributed by atoms with Crippen LogP contribution in [0.3, 0.4) is 0 Å². The Morgan fingerprint density at radius 1 is 1.26 bits per heavy atom. The van der Waals surface area contributed by atoms with Crippen molar-refractivity contribution >= 4 is 11.6 Å². The summed E-state index contributed by atoms with van der Waals surface area (Å²) >= 11 is 0. The number of hydrogen-bond acceptors (Lipinski definition) is 2. The Morgan fingerprint density at radius 2 is 1.95 bits per heavy atom. The Bertz CT molecular complexity index is 455. The van der Waals surface area contributed by atoms with Gasteiger partial charge in [0.1, 0.15) is 0 Å². The van der Waals surface area contributed by atoms with Crippen molar-refractivity contribution in [1.29, 1.82) is 0 Å². The molecule has 1 fully saturated rings. The SMILES string of the molecule is O=C(CCNC1CC1)Nc1ccccc1C(F)(F)F. The molecule has 0 atom stereocenters. The Morgan fingerprint density at radius 3 is 2.58 bits per heavy atom. The number of alkyl halides is 3. The van der Waals surface area contributed by atoms with E-state index in [2.05, 4.69) is 10.6 Å². The van der Waals surface area contributed by atoms with Crippen LogP contribution in [0.1, 0.15) is 24.8 Å². The quantitative estimate of drug-likeness (QED) is 0.865. The average molecular weight is 272 g/mol. The molecule has 2 N–H and O–H groups in total. The largest absolute Gasteiger partial charge is 0.418 e. The van der Waals surface area contributed by atoms with Crippen molar-refractivity contribution < 1.29 is 18.0 Å². The zero-order valence-corrected chi connectivity index (χ0v) is 10.3. The predicted molar refractivity (Wildman–Crippen MR) is 65.7 cm³/mol. The summed E-state index contributed by atoms with van der Waals surface area (Å²) in [4.78, 5) is 11.6. The van der Waals surface area contributed by atoms with Crippen LogP contribution < -0.4 is 10.6 Å². The molecule has 104 valence electrons. The van der Waals surface area contributed by atoms with Gasteiger partial charge in [0.25, 0.3) is 0 Å². The van der Waals surface area contributed by atoms with Crippen LogP contribution in [0, 0.1) is 0 Å². The van der Waals surface area contributed by atoms with Gasteiger partial charge in [0, 0.05) is 19.0 Å². The fourth-order valence-corrected chi connectivity index (χ4v) is 1.73. The maximum atomic E-state index is 12.7. The summed E-state index contributed by atoms with van der Waals surface area (Å²) in [6, 6.07) is 5.46. The molecule has 0 radical (unpaired) electrons. The van der Waals surface area contributed by atoms with Crippen molar-refractivity contribution in [1.82, 2.24) is 5.32 Å². The van der Waals surface area contributed by atoms with Crippen LogP contribution in [0.4, 0.5) is 18.9 Å². The second kappa shape index (κ2) is 5.61. The van der Waals surface area contributed by atoms with Gasteiger partial charge in [-0.25, -0.2) is 0 Å². The van der Waals surface area contributed by atoms with E-state index < -0.39 is 17.6 Å². The van der Waals surface area contributed by atoms with Crippen molar-refractivity contribution in [3.8, 4) is 0 Å². The van der Waals surface area contributed by atoms with E-state index >= 15 is 0 Å². The van der Waals surface area contributed by atoms with Crippen LogP contribution in [0.15, 0.2) is 24.3 Å². The maximum Gasteiger partial charge on any atom is 0.418 e. The molecule has 1 aromatic carbocycles. The highest BCUT2D eigenvalue weighted by atomic mass is 19.4. The number of hydrogen-bond donors (Lipinski definition) is 2. The second-order valence-electron chi connectivity index (χ2n) is 4.57. The fourth-order valence-electron chi connectivity index (χ4n) is 1.73. The van der Waals surface area contributed by atoms with Crippen LogP contribution >= 0.6 is 0 Å². The van der Waals surface area contributed by atoms with Crippen molar-refractivity contribution in [2.45, 2.75) is 31.5 Å². The van der Waals surface area contributed by atoms with E-state index in [1.165, 1.54) is 18.2 Å². The molecule has 2 rings (SSSR count). The first-order chi connectivity index (χ1) is 8.97. The minimum atomic E-state index is -4.46. The highest BCUT2D eigenvalue weighted by Crippen LogP contribution is 2.34. The average Bonchev–Trinajstić information content (AvgIpc) is 3.12. The smallest absolute Gasteiger partial charge is 0.325 e. The van der Waals surface area contributed by atoms with E-state index in [-0.39, 0.29) is 12.1 Å². The summed E-state index contributed by atoms with van der Waals surface area (Å²) in [5.41, 5.74) is -1.01. The van der Waals surface area contributed by atoms with Crippen LogP contribution in [0.2, 0.25) is 0 Å². The molecule has 0 saturated heterocycles. The standard InChI is InChI=1S/C13H15F3N2O/c14-13(15,16)10-3-1-2-4-11(10)18-12(19)7-8-17-9-5-6-9/h1-4,9,17H,5-8H2,(H,18,19). The molecule has 19 heavy (non-hydrogen) atoms. The molecule has 0 aromatic heterocycles. The van der Waals surface area contributed by atoms with Crippen LogP contribution in [-0.2, 0) is 11.0 Å². The molecule has 1 aromatic rings. The van der Waals surface area contributed by atoms with E-state index in [0.29, 0.717) is 12.6 Å². The highest BCUT2D eigenvalue weighted by Gasteiger charge is 2.33. The zero-order valence-electron chi connectivity index (χ0n) is 10.3.